The maximum absolute atomic E-state index is 11.1. The fourth-order valence-electron chi connectivity index (χ4n) is 2.55. The Kier molecular flexibility index (Phi) is 5.34. The maximum atomic E-state index is 11.1. The minimum atomic E-state index is -0.574. The summed E-state index contributed by atoms with van der Waals surface area (Å²) in [5, 5.41) is 21.3. The van der Waals surface area contributed by atoms with Gasteiger partial charge in [-0.1, -0.05) is 30.3 Å². The molecule has 2 aromatic rings. The Labute approximate surface area is 143 Å². The van der Waals surface area contributed by atoms with Crippen molar-refractivity contribution >= 4 is 17.4 Å². The Balaban J connectivity index is 1.70. The molecule has 0 unspecified atom stereocenters. The van der Waals surface area contributed by atoms with Crippen molar-refractivity contribution in [2.45, 2.75) is 18.5 Å². The number of thioether (sulfide) groups is 1. The first-order valence-corrected chi connectivity index (χ1v) is 8.62. The van der Waals surface area contributed by atoms with Gasteiger partial charge in [-0.25, -0.2) is 0 Å². The van der Waals surface area contributed by atoms with Gasteiger partial charge in [0.25, 0.3) is 5.69 Å². The van der Waals surface area contributed by atoms with Crippen molar-refractivity contribution < 1.29 is 19.5 Å². The number of nitro benzene ring substituents is 1. The minimum absolute atomic E-state index is 0.0297. The number of non-ortho nitro benzene ring substituents is 1. The van der Waals surface area contributed by atoms with Gasteiger partial charge >= 0.3 is 0 Å². The number of nitrogens with zero attached hydrogens (tertiary/aromatic N) is 1. The fourth-order valence-corrected chi connectivity index (χ4v) is 3.51. The van der Waals surface area contributed by atoms with E-state index in [1.165, 1.54) is 23.9 Å². The molecule has 0 aliphatic carbocycles. The van der Waals surface area contributed by atoms with Crippen LogP contribution in [-0.4, -0.2) is 22.6 Å². The zero-order valence-electron chi connectivity index (χ0n) is 12.9. The van der Waals surface area contributed by atoms with Crippen molar-refractivity contribution in [2.24, 2.45) is 0 Å². The molecule has 1 aliphatic rings. The molecule has 0 aromatic heterocycles. The highest BCUT2D eigenvalue weighted by molar-refractivity contribution is 7.98. The third-order valence-corrected chi connectivity index (χ3v) is 4.77. The van der Waals surface area contributed by atoms with Crippen molar-refractivity contribution in [2.75, 3.05) is 12.5 Å². The summed E-state index contributed by atoms with van der Waals surface area (Å²) in [6.45, 7) is 0.455. The van der Waals surface area contributed by atoms with Gasteiger partial charge in [-0.15, -0.1) is 0 Å². The lowest BCUT2D eigenvalue weighted by atomic mass is 10.1. The zero-order valence-corrected chi connectivity index (χ0v) is 13.7. The third kappa shape index (κ3) is 3.87. The van der Waals surface area contributed by atoms with Gasteiger partial charge in [0.15, 0.2) is 6.79 Å². The first-order valence-electron chi connectivity index (χ1n) is 7.46. The molecule has 1 aliphatic heterocycles. The predicted molar refractivity (Wildman–Crippen MR) is 90.9 cm³/mol. The van der Waals surface area contributed by atoms with Gasteiger partial charge in [-0.2, -0.15) is 11.8 Å². The highest BCUT2D eigenvalue weighted by atomic mass is 32.2. The van der Waals surface area contributed by atoms with E-state index in [1.54, 1.807) is 0 Å². The van der Waals surface area contributed by atoms with Crippen LogP contribution in [0.5, 0.6) is 5.75 Å². The van der Waals surface area contributed by atoms with Crippen LogP contribution in [0.4, 0.5) is 5.69 Å². The minimum Gasteiger partial charge on any atom is -0.467 e. The number of aliphatic hydroxyl groups excluding tert-OH is 1. The molecule has 3 rings (SSSR count). The largest absolute Gasteiger partial charge is 0.467 e. The molecule has 1 atom stereocenters. The first kappa shape index (κ1) is 16.8. The summed E-state index contributed by atoms with van der Waals surface area (Å²) in [5.41, 5.74) is 2.33. The Morgan fingerprint density at radius 1 is 1.29 bits per heavy atom. The van der Waals surface area contributed by atoms with Crippen molar-refractivity contribution in [1.29, 1.82) is 0 Å². The molecule has 1 N–H and O–H groups in total. The Morgan fingerprint density at radius 2 is 2.08 bits per heavy atom. The molecule has 0 bridgehead atoms. The Bertz CT molecular complexity index is 722. The second-order valence-corrected chi connectivity index (χ2v) is 6.43. The molecule has 1 heterocycles. The molecular weight excluding hydrogens is 330 g/mol. The number of benzene rings is 2. The molecule has 6 nitrogen and oxygen atoms in total. The SMILES string of the molecule is O=[N+]([O-])c1cc2c(c(CSC[C@@H](O)c3ccccc3)c1)OCOC2. The number of hydrogen-bond donors (Lipinski definition) is 1. The standard InChI is InChI=1S/C17H17NO5S/c19-16(12-4-2-1-3-5-12)10-24-9-14-7-15(18(20)21)6-13-8-22-11-23-17(13)14/h1-7,16,19H,8-11H2/t16-/m1/s1. The maximum Gasteiger partial charge on any atom is 0.270 e. The zero-order chi connectivity index (χ0) is 16.9. The van der Waals surface area contributed by atoms with Crippen LogP contribution in [0.15, 0.2) is 42.5 Å². The molecule has 0 saturated carbocycles. The number of rotatable bonds is 6. The van der Waals surface area contributed by atoms with Crippen LogP contribution < -0.4 is 4.74 Å². The monoisotopic (exact) mass is 347 g/mol. The van der Waals surface area contributed by atoms with Crippen molar-refractivity contribution in [3.8, 4) is 5.75 Å². The molecule has 0 radical (unpaired) electrons. The fraction of sp³-hybridized carbons (Fsp3) is 0.294. The molecule has 0 fully saturated rings. The van der Waals surface area contributed by atoms with Gasteiger partial charge < -0.3 is 14.6 Å². The van der Waals surface area contributed by atoms with E-state index in [0.29, 0.717) is 29.4 Å². The molecule has 24 heavy (non-hydrogen) atoms. The van der Waals surface area contributed by atoms with Crippen LogP contribution in [0.2, 0.25) is 0 Å². The topological polar surface area (TPSA) is 81.8 Å². The van der Waals surface area contributed by atoms with Gasteiger partial charge in [-0.05, 0) is 5.56 Å². The highest BCUT2D eigenvalue weighted by Gasteiger charge is 2.21. The molecular formula is C17H17NO5S. The summed E-state index contributed by atoms with van der Waals surface area (Å²) >= 11 is 1.51. The molecule has 0 saturated heterocycles. The number of ether oxygens (including phenoxy) is 2. The van der Waals surface area contributed by atoms with E-state index in [2.05, 4.69) is 0 Å². The summed E-state index contributed by atoms with van der Waals surface area (Å²) in [7, 11) is 0. The molecule has 2 aromatic carbocycles. The van der Waals surface area contributed by atoms with E-state index in [1.807, 2.05) is 30.3 Å². The van der Waals surface area contributed by atoms with Crippen LogP contribution in [-0.2, 0) is 17.1 Å². The van der Waals surface area contributed by atoms with E-state index in [-0.39, 0.29) is 12.5 Å². The highest BCUT2D eigenvalue weighted by Crippen LogP contribution is 2.35. The average molecular weight is 347 g/mol. The first-order chi connectivity index (χ1) is 11.6. The van der Waals surface area contributed by atoms with E-state index in [0.717, 1.165) is 11.1 Å². The predicted octanol–water partition coefficient (Wildman–Crippen LogP) is 3.43. The second-order valence-electron chi connectivity index (χ2n) is 5.40. The van der Waals surface area contributed by atoms with Gasteiger partial charge in [0, 0.05) is 34.8 Å². The number of hydrogen-bond acceptors (Lipinski definition) is 6. The summed E-state index contributed by atoms with van der Waals surface area (Å²) in [5.74, 6) is 1.68. The average Bonchev–Trinajstić information content (AvgIpc) is 2.62. The summed E-state index contributed by atoms with van der Waals surface area (Å²) in [4.78, 5) is 10.7. The lowest BCUT2D eigenvalue weighted by molar-refractivity contribution is -0.385. The second kappa shape index (κ2) is 7.65. The van der Waals surface area contributed by atoms with Crippen molar-refractivity contribution in [1.82, 2.24) is 0 Å². The van der Waals surface area contributed by atoms with E-state index < -0.39 is 11.0 Å². The Hall–Kier alpha value is -2.09. The number of nitro groups is 1. The van der Waals surface area contributed by atoms with Gasteiger partial charge in [0.1, 0.15) is 5.75 Å². The summed E-state index contributed by atoms with van der Waals surface area (Å²) in [6, 6.07) is 12.4. The smallest absolute Gasteiger partial charge is 0.270 e. The van der Waals surface area contributed by atoms with E-state index in [9.17, 15) is 15.2 Å². The van der Waals surface area contributed by atoms with Gasteiger partial charge in [0.05, 0.1) is 17.6 Å². The van der Waals surface area contributed by atoms with Crippen molar-refractivity contribution in [3.05, 3.63) is 69.3 Å². The van der Waals surface area contributed by atoms with Crippen LogP contribution in [0.3, 0.4) is 0 Å². The Morgan fingerprint density at radius 3 is 2.83 bits per heavy atom. The molecule has 0 spiro atoms. The molecule has 126 valence electrons. The third-order valence-electron chi connectivity index (χ3n) is 3.70. The van der Waals surface area contributed by atoms with E-state index >= 15 is 0 Å². The quantitative estimate of drug-likeness (QED) is 0.637. The van der Waals surface area contributed by atoms with Crippen LogP contribution in [0.1, 0.15) is 22.8 Å². The van der Waals surface area contributed by atoms with E-state index in [4.69, 9.17) is 9.47 Å². The van der Waals surface area contributed by atoms with Crippen LogP contribution in [0, 0.1) is 10.1 Å². The van der Waals surface area contributed by atoms with Crippen LogP contribution in [0.25, 0.3) is 0 Å². The summed E-state index contributed by atoms with van der Waals surface area (Å²) < 4.78 is 10.7. The lowest BCUT2D eigenvalue weighted by Gasteiger charge is -2.20. The molecule has 0 amide bonds. The number of fused-ring (bicyclic) bond motifs is 1. The normalized spacial score (nSPS) is 14.5. The van der Waals surface area contributed by atoms with Crippen molar-refractivity contribution in [3.63, 3.8) is 0 Å². The number of aliphatic hydroxyl groups is 1. The van der Waals surface area contributed by atoms with Crippen LogP contribution >= 0.6 is 11.8 Å². The van der Waals surface area contributed by atoms with Gasteiger partial charge in [0.2, 0.25) is 0 Å². The lowest BCUT2D eigenvalue weighted by Crippen LogP contribution is -2.13. The summed E-state index contributed by atoms with van der Waals surface area (Å²) in [6.07, 6.45) is -0.574. The van der Waals surface area contributed by atoms with Gasteiger partial charge in [-0.3, -0.25) is 10.1 Å². The molecule has 7 heteroatoms.